The van der Waals surface area contributed by atoms with Crippen molar-refractivity contribution in [3.8, 4) is 0 Å². The lowest BCUT2D eigenvalue weighted by molar-refractivity contribution is -0.117. The summed E-state index contributed by atoms with van der Waals surface area (Å²) in [5, 5.41) is 13.1. The molecule has 2 aromatic rings. The highest BCUT2D eigenvalue weighted by molar-refractivity contribution is 6.02. The first-order valence-electron chi connectivity index (χ1n) is 10.1. The molecule has 9 heteroatoms. The van der Waals surface area contributed by atoms with E-state index in [4.69, 9.17) is 4.84 Å². The topological polar surface area (TPSA) is 103 Å². The molecule has 33 heavy (non-hydrogen) atoms. The standard InChI is InChI=1S/C24H25FN4O4/c1-15-20(30)19(21(31)26-14-16-10-12-18(25)13-11-16)27-23(29(15)4)24(2,3)28-33-22(32)17-8-6-5-7-9-17/h5-13,28,30H,1,14H2,2-4H3,(H,26,31). The number of carbonyl (C=O) groups is 2. The van der Waals surface area contributed by atoms with E-state index >= 15 is 0 Å². The first-order valence-corrected chi connectivity index (χ1v) is 10.1. The second kappa shape index (κ2) is 9.66. The molecule has 2 aromatic carbocycles. The monoisotopic (exact) mass is 452 g/mol. The maximum absolute atomic E-state index is 13.1. The molecule has 0 spiro atoms. The summed E-state index contributed by atoms with van der Waals surface area (Å²) in [4.78, 5) is 36.1. The zero-order valence-electron chi connectivity index (χ0n) is 18.6. The van der Waals surface area contributed by atoms with Gasteiger partial charge in [0, 0.05) is 13.6 Å². The Labute approximate surface area is 191 Å². The van der Waals surface area contributed by atoms with E-state index < -0.39 is 17.4 Å². The summed E-state index contributed by atoms with van der Waals surface area (Å²) in [6, 6.07) is 14.1. The van der Waals surface area contributed by atoms with Crippen molar-refractivity contribution in [2.75, 3.05) is 7.05 Å². The van der Waals surface area contributed by atoms with E-state index in [0.717, 1.165) is 0 Å². The molecule has 0 radical (unpaired) electrons. The predicted octanol–water partition coefficient (Wildman–Crippen LogP) is 3.21. The number of aliphatic hydroxyl groups excluding tert-OH is 1. The Morgan fingerprint density at radius 1 is 1.15 bits per heavy atom. The van der Waals surface area contributed by atoms with Crippen molar-refractivity contribution in [2.24, 2.45) is 4.99 Å². The second-order valence-electron chi connectivity index (χ2n) is 7.93. The molecule has 172 valence electrons. The maximum Gasteiger partial charge on any atom is 0.356 e. The zero-order chi connectivity index (χ0) is 24.2. The van der Waals surface area contributed by atoms with Gasteiger partial charge in [-0.2, -0.15) is 0 Å². The fourth-order valence-corrected chi connectivity index (χ4v) is 3.10. The average molecular weight is 452 g/mol. The Morgan fingerprint density at radius 2 is 1.79 bits per heavy atom. The number of carbonyl (C=O) groups excluding carboxylic acids is 2. The van der Waals surface area contributed by atoms with Crippen LogP contribution in [0.3, 0.4) is 0 Å². The molecule has 1 heterocycles. The molecule has 8 nitrogen and oxygen atoms in total. The van der Waals surface area contributed by atoms with Crippen LogP contribution in [0.1, 0.15) is 29.8 Å². The predicted molar refractivity (Wildman–Crippen MR) is 121 cm³/mol. The summed E-state index contributed by atoms with van der Waals surface area (Å²) < 4.78 is 13.1. The lowest BCUT2D eigenvalue weighted by Gasteiger charge is -2.36. The van der Waals surface area contributed by atoms with Crippen molar-refractivity contribution in [1.29, 1.82) is 0 Å². The Bertz CT molecular complexity index is 1120. The number of aliphatic hydroxyl groups is 1. The summed E-state index contributed by atoms with van der Waals surface area (Å²) in [6.45, 7) is 7.33. The van der Waals surface area contributed by atoms with Crippen LogP contribution in [-0.4, -0.2) is 40.3 Å². The molecule has 0 bridgehead atoms. The maximum atomic E-state index is 13.1. The minimum atomic E-state index is -1.05. The summed E-state index contributed by atoms with van der Waals surface area (Å²) in [5.41, 5.74) is 2.58. The average Bonchev–Trinajstić information content (AvgIpc) is 2.81. The number of hydroxylamine groups is 1. The molecule has 0 aromatic heterocycles. The number of amidine groups is 1. The molecule has 0 saturated heterocycles. The Morgan fingerprint density at radius 3 is 2.42 bits per heavy atom. The van der Waals surface area contributed by atoms with Crippen LogP contribution in [0.25, 0.3) is 0 Å². The van der Waals surface area contributed by atoms with Crippen molar-refractivity contribution in [3.63, 3.8) is 0 Å². The Hall–Kier alpha value is -3.98. The van der Waals surface area contributed by atoms with Gasteiger partial charge in [0.15, 0.2) is 11.5 Å². The van der Waals surface area contributed by atoms with Crippen molar-refractivity contribution < 1.29 is 23.9 Å². The Kier molecular flexibility index (Phi) is 6.93. The van der Waals surface area contributed by atoms with Gasteiger partial charge in [0.2, 0.25) is 0 Å². The van der Waals surface area contributed by atoms with Crippen molar-refractivity contribution in [1.82, 2.24) is 15.7 Å². The molecule has 1 aliphatic rings. The first kappa shape index (κ1) is 23.7. The number of aliphatic imine (C=N–C) groups is 1. The molecule has 1 aliphatic heterocycles. The van der Waals surface area contributed by atoms with E-state index in [0.29, 0.717) is 11.1 Å². The number of rotatable bonds is 7. The van der Waals surface area contributed by atoms with Gasteiger partial charge in [0.25, 0.3) is 5.91 Å². The van der Waals surface area contributed by atoms with E-state index in [2.05, 4.69) is 22.4 Å². The van der Waals surface area contributed by atoms with Gasteiger partial charge in [0.05, 0.1) is 11.3 Å². The van der Waals surface area contributed by atoms with Gasteiger partial charge in [-0.1, -0.05) is 36.9 Å². The number of halogens is 1. The second-order valence-corrected chi connectivity index (χ2v) is 7.93. The number of nitrogens with zero attached hydrogens (tertiary/aromatic N) is 2. The molecule has 0 saturated carbocycles. The van der Waals surface area contributed by atoms with Gasteiger partial charge in [-0.15, -0.1) is 5.48 Å². The van der Waals surface area contributed by atoms with E-state index in [1.54, 1.807) is 63.4 Å². The van der Waals surface area contributed by atoms with E-state index in [-0.39, 0.29) is 35.4 Å². The summed E-state index contributed by atoms with van der Waals surface area (Å²) in [5.74, 6) is -1.69. The number of amides is 1. The lowest BCUT2D eigenvalue weighted by atomic mass is 10.0. The highest BCUT2D eigenvalue weighted by Crippen LogP contribution is 2.26. The number of nitrogens with one attached hydrogen (secondary N) is 2. The number of hydrogen-bond donors (Lipinski definition) is 3. The molecule has 0 aliphatic carbocycles. The fraction of sp³-hybridized carbons (Fsp3) is 0.208. The summed E-state index contributed by atoms with van der Waals surface area (Å²) >= 11 is 0. The molecule has 0 unspecified atom stereocenters. The first-order chi connectivity index (χ1) is 15.6. The number of hydrogen-bond acceptors (Lipinski definition) is 7. The Balaban J connectivity index is 1.76. The van der Waals surface area contributed by atoms with Gasteiger partial charge in [-0.05, 0) is 43.7 Å². The quantitative estimate of drug-likeness (QED) is 0.558. The summed E-state index contributed by atoms with van der Waals surface area (Å²) in [6.07, 6.45) is 0. The molecule has 3 N–H and O–H groups in total. The highest BCUT2D eigenvalue weighted by atomic mass is 19.1. The molecule has 3 rings (SSSR count). The highest BCUT2D eigenvalue weighted by Gasteiger charge is 2.36. The van der Waals surface area contributed by atoms with Crippen molar-refractivity contribution >= 4 is 17.7 Å². The van der Waals surface area contributed by atoms with E-state index in [1.807, 2.05) is 0 Å². The third-order valence-corrected chi connectivity index (χ3v) is 4.99. The van der Waals surface area contributed by atoms with Crippen molar-refractivity contribution in [2.45, 2.75) is 25.9 Å². The van der Waals surface area contributed by atoms with Crippen LogP contribution in [0.15, 0.2) is 83.3 Å². The summed E-state index contributed by atoms with van der Waals surface area (Å²) in [7, 11) is 1.62. The van der Waals surface area contributed by atoms with E-state index in [1.165, 1.54) is 17.0 Å². The van der Waals surface area contributed by atoms with Crippen LogP contribution in [0, 0.1) is 5.82 Å². The van der Waals surface area contributed by atoms with Gasteiger partial charge in [0.1, 0.15) is 17.2 Å². The number of benzene rings is 2. The van der Waals surface area contributed by atoms with E-state index in [9.17, 15) is 19.1 Å². The number of likely N-dealkylation sites (N-methyl/N-ethyl adjacent to an activating group) is 1. The van der Waals surface area contributed by atoms with Gasteiger partial charge in [-0.3, -0.25) is 4.79 Å². The largest absolute Gasteiger partial charge is 0.504 e. The zero-order valence-corrected chi connectivity index (χ0v) is 18.6. The van der Waals surface area contributed by atoms with Crippen LogP contribution in [0.4, 0.5) is 4.39 Å². The minimum absolute atomic E-state index is 0.111. The molecule has 0 atom stereocenters. The van der Waals surface area contributed by atoms with Crippen LogP contribution in [0.2, 0.25) is 0 Å². The lowest BCUT2D eigenvalue weighted by Crippen LogP contribution is -2.54. The van der Waals surface area contributed by atoms with Crippen LogP contribution in [-0.2, 0) is 16.2 Å². The van der Waals surface area contributed by atoms with Crippen LogP contribution in [0.5, 0.6) is 0 Å². The van der Waals surface area contributed by atoms with Crippen molar-refractivity contribution in [3.05, 3.63) is 95.3 Å². The molecular weight excluding hydrogens is 427 g/mol. The molecular formula is C24H25FN4O4. The fourth-order valence-electron chi connectivity index (χ4n) is 3.10. The smallest absolute Gasteiger partial charge is 0.356 e. The van der Waals surface area contributed by atoms with Gasteiger partial charge < -0.3 is 20.2 Å². The third-order valence-electron chi connectivity index (χ3n) is 4.99. The molecule has 1 amide bonds. The molecule has 0 fully saturated rings. The SMILES string of the molecule is C=C1C(O)=C(C(=O)NCc2ccc(F)cc2)N=C(C(C)(C)NOC(=O)c2ccccc2)N1C. The van der Waals surface area contributed by atoms with Crippen LogP contribution < -0.4 is 10.8 Å². The third kappa shape index (κ3) is 5.45. The normalized spacial score (nSPS) is 14.1. The van der Waals surface area contributed by atoms with Gasteiger partial charge in [-0.25, -0.2) is 14.2 Å². The van der Waals surface area contributed by atoms with Crippen LogP contribution >= 0.6 is 0 Å². The van der Waals surface area contributed by atoms with Gasteiger partial charge >= 0.3 is 5.97 Å². The minimum Gasteiger partial charge on any atom is -0.504 e.